The quantitative estimate of drug-likeness (QED) is 0.806. The fourth-order valence-electron chi connectivity index (χ4n) is 2.30. The van der Waals surface area contributed by atoms with Crippen molar-refractivity contribution in [2.24, 2.45) is 5.92 Å². The summed E-state index contributed by atoms with van der Waals surface area (Å²) in [6, 6.07) is 6.77. The van der Waals surface area contributed by atoms with E-state index in [-0.39, 0.29) is 17.6 Å². The molecule has 0 spiro atoms. The molecule has 0 saturated carbocycles. The van der Waals surface area contributed by atoms with E-state index in [1.54, 1.807) is 38.1 Å². The molecule has 0 aromatic heterocycles. The van der Waals surface area contributed by atoms with Crippen LogP contribution in [0.5, 0.6) is 0 Å². The Morgan fingerprint density at radius 1 is 1.05 bits per heavy atom. The van der Waals surface area contributed by atoms with Gasteiger partial charge in [0.2, 0.25) is 0 Å². The maximum atomic E-state index is 12.1. The van der Waals surface area contributed by atoms with Gasteiger partial charge in [-0.25, -0.2) is 8.42 Å². The maximum Gasteiger partial charge on any atom is 0.180 e. The number of ketones is 1. The van der Waals surface area contributed by atoms with Crippen molar-refractivity contribution in [3.63, 3.8) is 0 Å². The van der Waals surface area contributed by atoms with E-state index >= 15 is 0 Å². The number of hydrogen-bond acceptors (Lipinski definition) is 3. The van der Waals surface area contributed by atoms with E-state index in [0.29, 0.717) is 11.3 Å². The van der Waals surface area contributed by atoms with Crippen molar-refractivity contribution >= 4 is 15.6 Å². The third-order valence-electron chi connectivity index (χ3n) is 3.55. The first-order valence-corrected chi connectivity index (χ1v) is 8.63. The molecule has 0 fully saturated rings. The molecule has 0 N–H and O–H groups in total. The molecular formula is C16H24O3S. The minimum Gasteiger partial charge on any atom is -0.299 e. The summed E-state index contributed by atoms with van der Waals surface area (Å²) in [6.07, 6.45) is 0.495. The first kappa shape index (κ1) is 16.9. The molecule has 0 aliphatic heterocycles. The summed E-state index contributed by atoms with van der Waals surface area (Å²) in [5.41, 5.74) is 0.898. The zero-order chi connectivity index (χ0) is 15.5. The van der Waals surface area contributed by atoms with Crippen LogP contribution in [0.3, 0.4) is 0 Å². The molecule has 1 aromatic rings. The van der Waals surface area contributed by atoms with Crippen LogP contribution >= 0.6 is 0 Å². The Bertz CT molecular complexity index is 554. The Morgan fingerprint density at radius 3 is 1.90 bits per heavy atom. The highest BCUT2D eigenvalue weighted by Gasteiger charge is 2.24. The average Bonchev–Trinajstić information content (AvgIpc) is 2.38. The van der Waals surface area contributed by atoms with Gasteiger partial charge in [-0.2, -0.15) is 0 Å². The molecule has 1 rings (SSSR count). The average molecular weight is 296 g/mol. The lowest BCUT2D eigenvalue weighted by molar-refractivity contribution is -0.121. The highest BCUT2D eigenvalue weighted by Crippen LogP contribution is 2.28. The molecule has 20 heavy (non-hydrogen) atoms. The molecule has 1 aromatic carbocycles. The Morgan fingerprint density at radius 2 is 1.55 bits per heavy atom. The SMILES string of the molecule is CCC(=O)C(c1ccc(S(=O)(=O)C(C)C)cc1)C(C)C. The van der Waals surface area contributed by atoms with Crippen LogP contribution in [0, 0.1) is 5.92 Å². The molecule has 0 heterocycles. The maximum absolute atomic E-state index is 12.1. The molecule has 1 unspecified atom stereocenters. The number of carbonyl (C=O) groups excluding carboxylic acids is 1. The topological polar surface area (TPSA) is 51.2 Å². The van der Waals surface area contributed by atoms with Crippen LogP contribution in [0.4, 0.5) is 0 Å². The Labute approximate surface area is 122 Å². The zero-order valence-corrected chi connectivity index (χ0v) is 13.7. The Hall–Kier alpha value is -1.16. The first-order valence-electron chi connectivity index (χ1n) is 7.08. The Kier molecular flexibility index (Phi) is 5.51. The summed E-state index contributed by atoms with van der Waals surface area (Å²) in [6.45, 7) is 9.21. The van der Waals surface area contributed by atoms with Gasteiger partial charge in [-0.3, -0.25) is 4.79 Å². The van der Waals surface area contributed by atoms with E-state index in [2.05, 4.69) is 0 Å². The predicted octanol–water partition coefficient (Wildman–Crippen LogP) is 3.59. The van der Waals surface area contributed by atoms with E-state index in [9.17, 15) is 13.2 Å². The van der Waals surface area contributed by atoms with Gasteiger partial charge in [-0.1, -0.05) is 32.9 Å². The molecule has 0 aliphatic carbocycles. The summed E-state index contributed by atoms with van der Waals surface area (Å²) >= 11 is 0. The molecule has 4 heteroatoms. The number of hydrogen-bond donors (Lipinski definition) is 0. The van der Waals surface area contributed by atoms with E-state index in [4.69, 9.17) is 0 Å². The van der Waals surface area contributed by atoms with E-state index < -0.39 is 15.1 Å². The van der Waals surface area contributed by atoms with Crippen molar-refractivity contribution in [1.82, 2.24) is 0 Å². The van der Waals surface area contributed by atoms with Gasteiger partial charge in [0.15, 0.2) is 9.84 Å². The lowest BCUT2D eigenvalue weighted by atomic mass is 9.84. The number of sulfone groups is 1. The molecule has 0 saturated heterocycles. The number of Topliss-reactive ketones (excluding diaryl/α,β-unsaturated/α-hetero) is 1. The third kappa shape index (κ3) is 3.48. The van der Waals surface area contributed by atoms with Gasteiger partial charge < -0.3 is 0 Å². The van der Waals surface area contributed by atoms with Gasteiger partial charge in [-0.15, -0.1) is 0 Å². The van der Waals surface area contributed by atoms with Crippen molar-refractivity contribution in [3.05, 3.63) is 29.8 Å². The van der Waals surface area contributed by atoms with Crippen molar-refractivity contribution in [3.8, 4) is 0 Å². The second-order valence-electron chi connectivity index (χ2n) is 5.70. The first-order chi connectivity index (χ1) is 9.21. The van der Waals surface area contributed by atoms with Crippen molar-refractivity contribution in [1.29, 1.82) is 0 Å². The number of carbonyl (C=O) groups is 1. The highest BCUT2D eigenvalue weighted by atomic mass is 32.2. The molecule has 0 bridgehead atoms. The molecule has 0 amide bonds. The minimum atomic E-state index is -3.25. The van der Waals surface area contributed by atoms with Crippen LogP contribution in [0.1, 0.15) is 52.5 Å². The molecule has 1 atom stereocenters. The monoisotopic (exact) mass is 296 g/mol. The lowest BCUT2D eigenvalue weighted by Gasteiger charge is -2.20. The summed E-state index contributed by atoms with van der Waals surface area (Å²) in [5.74, 6) is 0.241. The van der Waals surface area contributed by atoms with Gasteiger partial charge in [0.1, 0.15) is 5.78 Å². The van der Waals surface area contributed by atoms with Crippen molar-refractivity contribution < 1.29 is 13.2 Å². The van der Waals surface area contributed by atoms with Gasteiger partial charge in [0, 0.05) is 12.3 Å². The third-order valence-corrected chi connectivity index (χ3v) is 5.72. The van der Waals surface area contributed by atoms with Gasteiger partial charge in [-0.05, 0) is 37.5 Å². The van der Waals surface area contributed by atoms with Crippen LogP contribution in [0.2, 0.25) is 0 Å². The second-order valence-corrected chi connectivity index (χ2v) is 8.21. The van der Waals surface area contributed by atoms with Crippen LogP contribution in [0.25, 0.3) is 0 Å². The predicted molar refractivity (Wildman–Crippen MR) is 81.6 cm³/mol. The van der Waals surface area contributed by atoms with E-state index in [0.717, 1.165) is 5.56 Å². The summed E-state index contributed by atoms with van der Waals surface area (Å²) in [7, 11) is -3.25. The van der Waals surface area contributed by atoms with Crippen LogP contribution in [0.15, 0.2) is 29.2 Å². The van der Waals surface area contributed by atoms with Gasteiger partial charge in [0.25, 0.3) is 0 Å². The molecule has 112 valence electrons. The van der Waals surface area contributed by atoms with Crippen molar-refractivity contribution in [2.45, 2.75) is 57.1 Å². The molecular weight excluding hydrogens is 272 g/mol. The van der Waals surface area contributed by atoms with Crippen LogP contribution < -0.4 is 0 Å². The van der Waals surface area contributed by atoms with E-state index in [1.165, 1.54) is 0 Å². The zero-order valence-electron chi connectivity index (χ0n) is 12.9. The normalized spacial score (nSPS) is 13.8. The highest BCUT2D eigenvalue weighted by molar-refractivity contribution is 7.92. The summed E-state index contributed by atoms with van der Waals surface area (Å²) in [5, 5.41) is -0.438. The fraction of sp³-hybridized carbons (Fsp3) is 0.562. The van der Waals surface area contributed by atoms with E-state index in [1.807, 2.05) is 20.8 Å². The lowest BCUT2D eigenvalue weighted by Crippen LogP contribution is -2.18. The Balaban J connectivity index is 3.16. The number of rotatable bonds is 6. The van der Waals surface area contributed by atoms with Gasteiger partial charge >= 0.3 is 0 Å². The summed E-state index contributed by atoms with van der Waals surface area (Å²) in [4.78, 5) is 12.3. The van der Waals surface area contributed by atoms with Crippen LogP contribution in [-0.2, 0) is 14.6 Å². The van der Waals surface area contributed by atoms with Crippen LogP contribution in [-0.4, -0.2) is 19.5 Å². The van der Waals surface area contributed by atoms with Crippen molar-refractivity contribution in [2.75, 3.05) is 0 Å². The molecule has 0 aliphatic rings. The molecule has 3 nitrogen and oxygen atoms in total. The molecule has 0 radical (unpaired) electrons. The smallest absolute Gasteiger partial charge is 0.180 e. The second kappa shape index (κ2) is 6.53. The summed E-state index contributed by atoms with van der Waals surface area (Å²) < 4.78 is 24.1. The number of benzene rings is 1. The fourth-order valence-corrected chi connectivity index (χ4v) is 3.36. The minimum absolute atomic E-state index is 0.157. The standard InChI is InChI=1S/C16H24O3S/c1-6-15(17)16(11(2)3)13-7-9-14(10-8-13)20(18,19)12(4)5/h7-12,16H,6H2,1-5H3. The van der Waals surface area contributed by atoms with Gasteiger partial charge in [0.05, 0.1) is 10.1 Å². The largest absolute Gasteiger partial charge is 0.299 e.